The molecule has 0 aromatic rings. The maximum atomic E-state index is 14.9. The second kappa shape index (κ2) is 68.3. The van der Waals surface area contributed by atoms with Crippen LogP contribution in [0.25, 0.3) is 0 Å². The van der Waals surface area contributed by atoms with Gasteiger partial charge in [0.2, 0.25) is 0 Å². The number of aliphatic hydroxyl groups is 9. The zero-order chi connectivity index (χ0) is 84.0. The number of ether oxygens (including phenoxy) is 8. The second-order valence-electron chi connectivity index (χ2n) is 32.4. The van der Waals surface area contributed by atoms with Crippen molar-refractivity contribution in [2.24, 2.45) is 0 Å². The molecule has 1 aliphatic carbocycles. The van der Waals surface area contributed by atoms with Crippen molar-refractivity contribution in [3.8, 4) is 0 Å². The van der Waals surface area contributed by atoms with Crippen molar-refractivity contribution in [1.82, 2.24) is 0 Å². The molecule has 18 atom stereocenters. The first kappa shape index (κ1) is 106. The Morgan fingerprint density at radius 2 is 0.652 bits per heavy atom. The molecule has 0 spiro atoms. The third-order valence-electron chi connectivity index (χ3n) is 22.1. The lowest BCUT2D eigenvalue weighted by Crippen LogP contribution is -2.70. The van der Waals surface area contributed by atoms with Gasteiger partial charge in [0.25, 0.3) is 0 Å². The van der Waals surface area contributed by atoms with Gasteiger partial charge in [0.05, 0.1) is 13.2 Å². The minimum absolute atomic E-state index is 0.00748. The van der Waals surface area contributed by atoms with Gasteiger partial charge in [-0.2, -0.15) is 0 Å². The Morgan fingerprint density at radius 1 is 0.339 bits per heavy atom. The largest absolute Gasteiger partial charge is 0.472 e. The van der Waals surface area contributed by atoms with Gasteiger partial charge in [-0.1, -0.05) is 282 Å². The van der Waals surface area contributed by atoms with Gasteiger partial charge in [-0.25, -0.2) is 4.57 Å². The van der Waals surface area contributed by atoms with Crippen molar-refractivity contribution in [1.29, 1.82) is 0 Å². The van der Waals surface area contributed by atoms with Crippen LogP contribution >= 0.6 is 7.82 Å². The molecule has 2 heterocycles. The molecule has 25 nitrogen and oxygen atoms in total. The number of phosphoric ester groups is 1. The lowest BCUT2D eigenvalue weighted by Gasteiger charge is -2.50. The van der Waals surface area contributed by atoms with Crippen molar-refractivity contribution < 1.29 is 122 Å². The van der Waals surface area contributed by atoms with Crippen LogP contribution in [0.5, 0.6) is 0 Å². The molecule has 0 radical (unpaired) electrons. The topological polar surface area (TPSA) is 380 Å². The van der Waals surface area contributed by atoms with Crippen molar-refractivity contribution in [2.45, 2.75) is 479 Å². The molecule has 18 unspecified atom stereocenters. The monoisotopic (exact) mass is 1660 g/mol. The molecular formula is C89H161O25P. The zero-order valence-electron chi connectivity index (χ0n) is 71.3. The average Bonchev–Trinajstić information content (AvgIpc) is 0.755. The number of hydrogen-bond acceptors (Lipinski definition) is 24. The summed E-state index contributed by atoms with van der Waals surface area (Å²) in [5.41, 5.74) is 0. The van der Waals surface area contributed by atoms with Crippen LogP contribution in [0.2, 0.25) is 0 Å². The van der Waals surface area contributed by atoms with E-state index < -0.39 is 162 Å². The molecular weight excluding hydrogens is 1500 g/mol. The van der Waals surface area contributed by atoms with Gasteiger partial charge < -0.3 is 88.7 Å². The second-order valence-corrected chi connectivity index (χ2v) is 33.9. The van der Waals surface area contributed by atoms with Crippen LogP contribution in [0.1, 0.15) is 374 Å². The number of carbonyl (C=O) groups excluding carboxylic acids is 4. The van der Waals surface area contributed by atoms with Gasteiger partial charge in [0.15, 0.2) is 24.8 Å². The Hall–Kier alpha value is -3.31. The van der Waals surface area contributed by atoms with E-state index in [1.165, 1.54) is 128 Å². The first-order chi connectivity index (χ1) is 55.7. The van der Waals surface area contributed by atoms with E-state index in [9.17, 15) is 74.6 Å². The Labute approximate surface area is 691 Å². The van der Waals surface area contributed by atoms with E-state index in [-0.39, 0.29) is 25.7 Å². The van der Waals surface area contributed by atoms with Crippen LogP contribution in [0.4, 0.5) is 0 Å². The summed E-state index contributed by atoms with van der Waals surface area (Å²) in [6.45, 7) is 5.53. The quantitative estimate of drug-likeness (QED) is 0.00889. The molecule has 0 aromatic heterocycles. The number of phosphoric acid groups is 1. The van der Waals surface area contributed by atoms with Crippen molar-refractivity contribution in [3.05, 3.63) is 36.5 Å². The van der Waals surface area contributed by atoms with E-state index in [1.807, 2.05) is 0 Å². The highest BCUT2D eigenvalue weighted by Gasteiger charge is 2.60. The maximum Gasteiger partial charge on any atom is 0.472 e. The lowest BCUT2D eigenvalue weighted by atomic mass is 9.84. The predicted octanol–water partition coefficient (Wildman–Crippen LogP) is 16.3. The van der Waals surface area contributed by atoms with Crippen LogP contribution < -0.4 is 0 Å². The first-order valence-electron chi connectivity index (χ1n) is 45.7. The van der Waals surface area contributed by atoms with Gasteiger partial charge in [-0.15, -0.1) is 0 Å². The highest BCUT2D eigenvalue weighted by Crippen LogP contribution is 2.49. The molecule has 672 valence electrons. The summed E-state index contributed by atoms with van der Waals surface area (Å²) in [5, 5.41) is 102. The molecule has 3 fully saturated rings. The Morgan fingerprint density at radius 3 is 1.05 bits per heavy atom. The Bertz CT molecular complexity index is 2540. The molecule has 26 heteroatoms. The van der Waals surface area contributed by atoms with Gasteiger partial charge in [-0.05, 0) is 103 Å². The summed E-state index contributed by atoms with van der Waals surface area (Å²) >= 11 is 0. The summed E-state index contributed by atoms with van der Waals surface area (Å²) in [5.74, 6) is -2.99. The number of hydrogen-bond donors (Lipinski definition) is 10. The van der Waals surface area contributed by atoms with E-state index in [0.29, 0.717) is 38.5 Å². The Balaban J connectivity index is 1.93. The van der Waals surface area contributed by atoms with E-state index >= 15 is 0 Å². The normalized spacial score (nSPS) is 25.4. The van der Waals surface area contributed by atoms with Gasteiger partial charge in [0, 0.05) is 25.7 Å². The number of unbranched alkanes of at least 4 members (excludes halogenated alkanes) is 43. The van der Waals surface area contributed by atoms with Crippen molar-refractivity contribution in [3.63, 3.8) is 0 Å². The molecule has 10 N–H and O–H groups in total. The number of esters is 4. The van der Waals surface area contributed by atoms with Crippen molar-refractivity contribution in [2.75, 3.05) is 26.4 Å². The third-order valence-corrected chi connectivity index (χ3v) is 23.1. The number of aliphatic hydroxyl groups excluding tert-OH is 9. The molecule has 115 heavy (non-hydrogen) atoms. The molecule has 0 bridgehead atoms. The number of rotatable bonds is 73. The number of allylic oxidation sites excluding steroid dienone is 6. The summed E-state index contributed by atoms with van der Waals surface area (Å²) in [6.07, 6.45) is 28.6. The highest BCUT2D eigenvalue weighted by atomic mass is 31.2. The van der Waals surface area contributed by atoms with Gasteiger partial charge >= 0.3 is 31.7 Å². The first-order valence-corrected chi connectivity index (χ1v) is 47.2. The lowest BCUT2D eigenvalue weighted by molar-refractivity contribution is -0.360. The van der Waals surface area contributed by atoms with Crippen molar-refractivity contribution >= 4 is 31.7 Å². The van der Waals surface area contributed by atoms with Crippen LogP contribution in [-0.2, 0) is 70.7 Å². The minimum Gasteiger partial charge on any atom is -0.463 e. The molecule has 1 saturated carbocycles. The smallest absolute Gasteiger partial charge is 0.463 e. The molecule has 2 aliphatic heterocycles. The predicted molar refractivity (Wildman–Crippen MR) is 444 cm³/mol. The maximum absolute atomic E-state index is 14.9. The van der Waals surface area contributed by atoms with Crippen LogP contribution in [0, 0.1) is 0 Å². The molecule has 3 aliphatic rings. The van der Waals surface area contributed by atoms with Gasteiger partial charge in [0.1, 0.15) is 92.6 Å². The number of carbonyl (C=O) groups is 4. The Kier molecular flexibility index (Phi) is 62.8. The van der Waals surface area contributed by atoms with Crippen LogP contribution in [0.3, 0.4) is 0 Å². The molecule has 2 saturated heterocycles. The van der Waals surface area contributed by atoms with Crippen LogP contribution in [-0.4, -0.2) is 205 Å². The van der Waals surface area contributed by atoms with E-state index in [1.54, 1.807) is 0 Å². The minimum atomic E-state index is -5.81. The molecule has 0 amide bonds. The summed E-state index contributed by atoms with van der Waals surface area (Å²) in [6, 6.07) is 0. The standard InChI is InChI=1S/C89H161O25P/c1-5-9-13-17-21-25-29-33-35-39-42-45-49-53-57-61-72(91)105-66-69(108-74(93)63-59-55-51-47-43-38-32-28-24-20-16-12-8-4)67-107-115(103,104)114-87-85(112-88-82(101)78(97)76(95)70(65-90)109-88)81(100)80(99)84(111-75(94)64-60-56-52-48-44-40-36-34-30-26-22-18-14-10-6-2)86(87)113-89-83(102)79(98)77(96)71(110-89)68-106-73(92)62-58-54-50-46-41-37-31-27-23-19-15-11-7-3/h25-26,29-30,37,41,69-71,76-90,95-102H,5-24,27-28,31-36,38-40,42-68H2,1-4H3,(H,103,104)/b29-25-,30-26-,41-37-. The fraction of sp³-hybridized carbons (Fsp3) is 0.888. The van der Waals surface area contributed by atoms with E-state index in [4.69, 9.17) is 46.9 Å². The summed E-state index contributed by atoms with van der Waals surface area (Å²) in [7, 11) is -5.81. The zero-order valence-corrected chi connectivity index (χ0v) is 72.2. The SMILES string of the molecule is CCCCCC/C=C\CCCCCCCCCC(=O)OCC(COP(=O)(O)OC1C(OC2OC(CO)C(O)C(O)C2O)C(O)C(O)C(OC(=O)CCCCCCCCC/C=C\CCCCCC)C1OC1OC(COC(=O)CCCCC/C=C\CCCCCCCC)C(O)C(O)C1O)OC(=O)CCCCCCCCCCCCCCC. The fourth-order valence-electron chi connectivity index (χ4n) is 14.8. The van der Waals surface area contributed by atoms with E-state index in [2.05, 4.69) is 64.2 Å². The summed E-state index contributed by atoms with van der Waals surface area (Å²) in [4.78, 5) is 66.3. The third kappa shape index (κ3) is 48.8. The van der Waals surface area contributed by atoms with E-state index in [0.717, 1.165) is 154 Å². The average molecular weight is 1660 g/mol. The molecule has 0 aromatic carbocycles. The molecule has 3 rings (SSSR count). The highest BCUT2D eigenvalue weighted by molar-refractivity contribution is 7.47. The van der Waals surface area contributed by atoms with Gasteiger partial charge in [-0.3, -0.25) is 28.2 Å². The fourth-order valence-corrected chi connectivity index (χ4v) is 15.7. The summed E-state index contributed by atoms with van der Waals surface area (Å²) < 4.78 is 73.3. The van der Waals surface area contributed by atoms with Crippen LogP contribution in [0.15, 0.2) is 36.5 Å².